The van der Waals surface area contributed by atoms with Gasteiger partial charge in [-0.1, -0.05) is 13.2 Å². The first-order valence-corrected chi connectivity index (χ1v) is 8.21. The molecular weight excluding hydrogens is 342 g/mol. The minimum absolute atomic E-state index is 0.259. The lowest BCUT2D eigenvalue weighted by Gasteiger charge is -2.09. The van der Waals surface area contributed by atoms with E-state index < -0.39 is 0 Å². The third-order valence-corrected chi connectivity index (χ3v) is 3.58. The van der Waals surface area contributed by atoms with Crippen LogP contribution in [0.1, 0.15) is 24.2 Å². The number of hydrogen-bond acceptors (Lipinski definition) is 3. The van der Waals surface area contributed by atoms with Gasteiger partial charge in [-0.05, 0) is 62.4 Å². The van der Waals surface area contributed by atoms with Crippen molar-refractivity contribution in [2.24, 2.45) is 0 Å². The molecule has 2 rings (SSSR count). The quantitative estimate of drug-likeness (QED) is 0.679. The molecule has 0 unspecified atom stereocenters. The highest BCUT2D eigenvalue weighted by Crippen LogP contribution is 2.16. The van der Waals surface area contributed by atoms with Crippen molar-refractivity contribution >= 4 is 34.8 Å². The molecule has 27 heavy (non-hydrogen) atoms. The Labute approximate surface area is 158 Å². The normalized spacial score (nSPS) is 9.85. The Morgan fingerprint density at radius 1 is 0.630 bits per heavy atom. The summed E-state index contributed by atoms with van der Waals surface area (Å²) in [7, 11) is 0. The van der Waals surface area contributed by atoms with Crippen LogP contribution in [0.25, 0.3) is 0 Å². The van der Waals surface area contributed by atoms with Crippen LogP contribution in [0.5, 0.6) is 0 Å². The third kappa shape index (κ3) is 5.67. The zero-order valence-electron chi connectivity index (χ0n) is 15.3. The number of benzene rings is 2. The number of carbonyl (C=O) groups excluding carboxylic acids is 3. The van der Waals surface area contributed by atoms with E-state index in [1.807, 2.05) is 0 Å². The second-order valence-electron chi connectivity index (χ2n) is 6.08. The molecule has 0 saturated heterocycles. The van der Waals surface area contributed by atoms with Gasteiger partial charge in [-0.2, -0.15) is 0 Å². The largest absolute Gasteiger partial charge is 0.322 e. The van der Waals surface area contributed by atoms with Gasteiger partial charge in [0, 0.05) is 33.8 Å². The van der Waals surface area contributed by atoms with E-state index in [4.69, 9.17) is 0 Å². The van der Waals surface area contributed by atoms with Crippen molar-refractivity contribution < 1.29 is 14.4 Å². The number of nitrogens with one attached hydrogen (secondary N) is 3. The molecule has 2 aromatic carbocycles. The van der Waals surface area contributed by atoms with Gasteiger partial charge in [0.1, 0.15) is 0 Å². The van der Waals surface area contributed by atoms with E-state index in [-0.39, 0.29) is 17.7 Å². The molecule has 0 radical (unpaired) electrons. The summed E-state index contributed by atoms with van der Waals surface area (Å²) in [6.07, 6.45) is 0. The van der Waals surface area contributed by atoms with Gasteiger partial charge >= 0.3 is 0 Å². The summed E-state index contributed by atoms with van der Waals surface area (Å²) in [5.41, 5.74) is 3.04. The molecule has 0 spiro atoms. The number of anilines is 3. The molecule has 6 heteroatoms. The Morgan fingerprint density at radius 2 is 0.963 bits per heavy atom. The molecule has 3 N–H and O–H groups in total. The second kappa shape index (κ2) is 8.62. The fourth-order valence-electron chi connectivity index (χ4n) is 2.02. The molecule has 0 bridgehead atoms. The molecule has 138 valence electrons. The Morgan fingerprint density at radius 3 is 1.33 bits per heavy atom. The summed E-state index contributed by atoms with van der Waals surface area (Å²) in [4.78, 5) is 35.5. The fourth-order valence-corrected chi connectivity index (χ4v) is 2.02. The Kier molecular flexibility index (Phi) is 6.27. The molecule has 6 nitrogen and oxygen atoms in total. The van der Waals surface area contributed by atoms with E-state index in [1.165, 1.54) is 0 Å². The van der Waals surface area contributed by atoms with Crippen LogP contribution in [-0.4, -0.2) is 17.7 Å². The van der Waals surface area contributed by atoms with Crippen LogP contribution in [0.4, 0.5) is 17.1 Å². The SMILES string of the molecule is C=C(C)C(=O)Nc1ccc(NC(=O)c2ccc(NC(=O)C(=C)C)cc2)cc1. The molecule has 0 atom stereocenters. The minimum atomic E-state index is -0.286. The van der Waals surface area contributed by atoms with Gasteiger partial charge < -0.3 is 16.0 Å². The topological polar surface area (TPSA) is 87.3 Å². The Hall–Kier alpha value is -3.67. The maximum absolute atomic E-state index is 12.3. The van der Waals surface area contributed by atoms with Gasteiger partial charge in [0.2, 0.25) is 0 Å². The highest BCUT2D eigenvalue weighted by Gasteiger charge is 2.08. The average molecular weight is 363 g/mol. The first kappa shape index (κ1) is 19.7. The van der Waals surface area contributed by atoms with Gasteiger partial charge in [-0.15, -0.1) is 0 Å². The number of amides is 3. The molecule has 2 aromatic rings. The van der Waals surface area contributed by atoms with E-state index in [0.717, 1.165) is 0 Å². The summed E-state index contributed by atoms with van der Waals surface area (Å²) >= 11 is 0. The average Bonchev–Trinajstić information content (AvgIpc) is 2.63. The maximum atomic E-state index is 12.3. The van der Waals surface area contributed by atoms with E-state index in [2.05, 4.69) is 29.1 Å². The molecule has 0 aliphatic carbocycles. The van der Waals surface area contributed by atoms with Crippen molar-refractivity contribution in [3.63, 3.8) is 0 Å². The van der Waals surface area contributed by atoms with E-state index in [1.54, 1.807) is 62.4 Å². The molecular formula is C21H21N3O3. The lowest BCUT2D eigenvalue weighted by atomic mass is 10.1. The van der Waals surface area contributed by atoms with Crippen LogP contribution in [-0.2, 0) is 9.59 Å². The molecule has 0 aromatic heterocycles. The third-order valence-electron chi connectivity index (χ3n) is 3.58. The van der Waals surface area contributed by atoms with E-state index in [0.29, 0.717) is 33.8 Å². The van der Waals surface area contributed by atoms with E-state index in [9.17, 15) is 14.4 Å². The molecule has 0 saturated carbocycles. The molecule has 0 heterocycles. The first-order chi connectivity index (χ1) is 12.8. The molecule has 3 amide bonds. The van der Waals surface area contributed by atoms with Crippen molar-refractivity contribution in [1.82, 2.24) is 0 Å². The van der Waals surface area contributed by atoms with Crippen molar-refractivity contribution in [1.29, 1.82) is 0 Å². The van der Waals surface area contributed by atoms with Gasteiger partial charge in [0.05, 0.1) is 0 Å². The molecule has 0 aliphatic heterocycles. The smallest absolute Gasteiger partial charge is 0.255 e. The number of rotatable bonds is 6. The zero-order valence-corrected chi connectivity index (χ0v) is 15.3. The predicted octanol–water partition coefficient (Wildman–Crippen LogP) is 3.97. The lowest BCUT2D eigenvalue weighted by Crippen LogP contribution is -2.14. The fraction of sp³-hybridized carbons (Fsp3) is 0.0952. The van der Waals surface area contributed by atoms with Gasteiger partial charge in [-0.25, -0.2) is 0 Å². The van der Waals surface area contributed by atoms with Crippen molar-refractivity contribution in [3.05, 3.63) is 78.4 Å². The van der Waals surface area contributed by atoms with Crippen LogP contribution in [0.3, 0.4) is 0 Å². The highest BCUT2D eigenvalue weighted by atomic mass is 16.2. The van der Waals surface area contributed by atoms with Crippen molar-refractivity contribution in [2.75, 3.05) is 16.0 Å². The maximum Gasteiger partial charge on any atom is 0.255 e. The first-order valence-electron chi connectivity index (χ1n) is 8.21. The van der Waals surface area contributed by atoms with E-state index >= 15 is 0 Å². The van der Waals surface area contributed by atoms with Gasteiger partial charge in [0.25, 0.3) is 17.7 Å². The summed E-state index contributed by atoms with van der Waals surface area (Å²) < 4.78 is 0. The minimum Gasteiger partial charge on any atom is -0.322 e. The Balaban J connectivity index is 1.98. The summed E-state index contributed by atoms with van der Waals surface area (Å²) in [6.45, 7) is 10.4. The van der Waals surface area contributed by atoms with Crippen LogP contribution < -0.4 is 16.0 Å². The summed E-state index contributed by atoms with van der Waals surface area (Å²) in [5, 5.41) is 8.14. The van der Waals surface area contributed by atoms with Gasteiger partial charge in [0.15, 0.2) is 0 Å². The second-order valence-corrected chi connectivity index (χ2v) is 6.08. The standard InChI is InChI=1S/C21H21N3O3/c1-13(2)19(25)22-16-7-5-15(6-8-16)21(27)24-18-11-9-17(10-12-18)23-20(26)14(3)4/h5-12H,1,3H2,2,4H3,(H,22,25)(H,23,26)(H,24,27). The Bertz CT molecular complexity index is 897. The molecule has 0 aliphatic rings. The zero-order chi connectivity index (χ0) is 20.0. The number of hydrogen-bond donors (Lipinski definition) is 3. The van der Waals surface area contributed by atoms with Crippen LogP contribution in [0.2, 0.25) is 0 Å². The van der Waals surface area contributed by atoms with Crippen molar-refractivity contribution in [3.8, 4) is 0 Å². The monoisotopic (exact) mass is 363 g/mol. The van der Waals surface area contributed by atoms with Gasteiger partial charge in [-0.3, -0.25) is 14.4 Å². The number of carbonyl (C=O) groups is 3. The van der Waals surface area contributed by atoms with Crippen LogP contribution in [0, 0.1) is 0 Å². The van der Waals surface area contributed by atoms with Crippen LogP contribution in [0.15, 0.2) is 72.8 Å². The lowest BCUT2D eigenvalue weighted by molar-refractivity contribution is -0.113. The summed E-state index contributed by atoms with van der Waals surface area (Å²) in [6, 6.07) is 13.3. The van der Waals surface area contributed by atoms with Crippen LogP contribution >= 0.6 is 0 Å². The summed E-state index contributed by atoms with van der Waals surface area (Å²) in [5.74, 6) is -0.817. The van der Waals surface area contributed by atoms with Crippen molar-refractivity contribution in [2.45, 2.75) is 13.8 Å². The highest BCUT2D eigenvalue weighted by molar-refractivity contribution is 6.06. The molecule has 0 fully saturated rings. The predicted molar refractivity (Wildman–Crippen MR) is 108 cm³/mol.